The van der Waals surface area contributed by atoms with Gasteiger partial charge in [0.25, 0.3) is 11.5 Å². The van der Waals surface area contributed by atoms with Crippen LogP contribution < -0.4 is 15.8 Å². The SMILES string of the molecule is CCOCCNc1c(N2CCN(C(=O)c3ccc(-c4cccc(C(F)(F)F)c4)o3)CC2)cnn(-c2ccccc2)c1=O. The number of furan rings is 1. The first-order chi connectivity index (χ1) is 20.3. The molecule has 1 aliphatic rings. The van der Waals surface area contributed by atoms with Gasteiger partial charge in [-0.3, -0.25) is 9.59 Å². The summed E-state index contributed by atoms with van der Waals surface area (Å²) in [6.45, 7) is 4.88. The summed E-state index contributed by atoms with van der Waals surface area (Å²) in [5.41, 5.74) is 0.797. The number of para-hydroxylation sites is 1. The first-order valence-electron chi connectivity index (χ1n) is 13.6. The Labute approximate surface area is 240 Å². The van der Waals surface area contributed by atoms with Crippen LogP contribution in [0.25, 0.3) is 17.0 Å². The zero-order chi connectivity index (χ0) is 29.7. The van der Waals surface area contributed by atoms with Crippen LogP contribution in [0, 0.1) is 0 Å². The highest BCUT2D eigenvalue weighted by Crippen LogP contribution is 2.33. The van der Waals surface area contributed by atoms with Gasteiger partial charge in [-0.25, -0.2) is 0 Å². The molecule has 0 atom stereocenters. The van der Waals surface area contributed by atoms with Gasteiger partial charge < -0.3 is 24.3 Å². The topological polar surface area (TPSA) is 92.8 Å². The minimum Gasteiger partial charge on any atom is -0.451 e. The molecule has 1 fully saturated rings. The highest BCUT2D eigenvalue weighted by atomic mass is 19.4. The Kier molecular flexibility index (Phi) is 8.62. The molecule has 0 bridgehead atoms. The fourth-order valence-corrected chi connectivity index (χ4v) is 4.76. The number of carbonyl (C=O) groups is 1. The average Bonchev–Trinajstić information content (AvgIpc) is 3.50. The van der Waals surface area contributed by atoms with Crippen LogP contribution in [0.4, 0.5) is 24.5 Å². The first kappa shape index (κ1) is 28.9. The number of nitrogens with one attached hydrogen (secondary N) is 1. The highest BCUT2D eigenvalue weighted by molar-refractivity contribution is 5.92. The van der Waals surface area contributed by atoms with Crippen molar-refractivity contribution in [3.8, 4) is 17.0 Å². The molecule has 2 aromatic heterocycles. The standard InChI is InChI=1S/C30H30F3N5O4/c1-2-41-18-13-34-27-24(20-35-38(29(27)40)23-9-4-3-5-10-23)36-14-16-37(17-15-36)28(39)26-12-11-25(42-26)21-7-6-8-22(19-21)30(31,32)33/h3-12,19-20,34H,2,13-18H2,1H3. The van der Waals surface area contributed by atoms with Gasteiger partial charge in [0, 0.05) is 44.9 Å². The maximum atomic E-state index is 13.5. The lowest BCUT2D eigenvalue weighted by Gasteiger charge is -2.36. The van der Waals surface area contributed by atoms with Crippen molar-refractivity contribution in [1.29, 1.82) is 0 Å². The molecule has 1 aliphatic heterocycles. The predicted octanol–water partition coefficient (Wildman–Crippen LogP) is 4.92. The van der Waals surface area contributed by atoms with E-state index in [9.17, 15) is 22.8 Å². The van der Waals surface area contributed by atoms with E-state index in [1.807, 2.05) is 30.0 Å². The number of hydrogen-bond donors (Lipinski definition) is 1. The Morgan fingerprint density at radius 1 is 1.02 bits per heavy atom. The van der Waals surface area contributed by atoms with Gasteiger partial charge in [0.05, 0.1) is 29.7 Å². The van der Waals surface area contributed by atoms with Crippen molar-refractivity contribution in [2.75, 3.05) is 56.2 Å². The van der Waals surface area contributed by atoms with Gasteiger partial charge in [-0.15, -0.1) is 0 Å². The molecule has 1 N–H and O–H groups in total. The Bertz CT molecular complexity index is 1580. The molecule has 3 heterocycles. The molecule has 0 saturated carbocycles. The average molecular weight is 582 g/mol. The van der Waals surface area contributed by atoms with Crippen molar-refractivity contribution >= 4 is 17.3 Å². The second-order valence-electron chi connectivity index (χ2n) is 9.60. The van der Waals surface area contributed by atoms with Crippen LogP contribution in [0.5, 0.6) is 0 Å². The number of anilines is 2. The zero-order valence-corrected chi connectivity index (χ0v) is 22.9. The molecule has 5 rings (SSSR count). The number of nitrogens with zero attached hydrogens (tertiary/aromatic N) is 4. The summed E-state index contributed by atoms with van der Waals surface area (Å²) < 4.78 is 51.8. The van der Waals surface area contributed by atoms with E-state index in [4.69, 9.17) is 9.15 Å². The zero-order valence-electron chi connectivity index (χ0n) is 22.9. The number of rotatable bonds is 9. The summed E-state index contributed by atoms with van der Waals surface area (Å²) in [7, 11) is 0. The van der Waals surface area contributed by atoms with Crippen molar-refractivity contribution in [1.82, 2.24) is 14.7 Å². The third-order valence-corrected chi connectivity index (χ3v) is 6.91. The molecule has 42 heavy (non-hydrogen) atoms. The van der Waals surface area contributed by atoms with Crippen molar-refractivity contribution < 1.29 is 27.1 Å². The third-order valence-electron chi connectivity index (χ3n) is 6.91. The van der Waals surface area contributed by atoms with Crippen LogP contribution in [-0.4, -0.2) is 66.5 Å². The van der Waals surface area contributed by atoms with E-state index in [0.717, 1.165) is 12.1 Å². The molecule has 0 aliphatic carbocycles. The molecule has 1 saturated heterocycles. The summed E-state index contributed by atoms with van der Waals surface area (Å²) >= 11 is 0. The van der Waals surface area contributed by atoms with Crippen LogP contribution in [0.1, 0.15) is 23.0 Å². The second-order valence-corrected chi connectivity index (χ2v) is 9.60. The Morgan fingerprint density at radius 2 is 1.79 bits per heavy atom. The first-order valence-corrected chi connectivity index (χ1v) is 13.6. The molecule has 0 spiro atoms. The molecule has 0 unspecified atom stereocenters. The molecular formula is C30H30F3N5O4. The highest BCUT2D eigenvalue weighted by Gasteiger charge is 2.31. The van der Waals surface area contributed by atoms with Gasteiger partial charge in [0.15, 0.2) is 5.76 Å². The van der Waals surface area contributed by atoms with Crippen molar-refractivity contribution in [2.24, 2.45) is 0 Å². The Balaban J connectivity index is 1.30. The van der Waals surface area contributed by atoms with Crippen LogP contribution in [0.2, 0.25) is 0 Å². The molecule has 0 radical (unpaired) electrons. The lowest BCUT2D eigenvalue weighted by Crippen LogP contribution is -2.49. The largest absolute Gasteiger partial charge is 0.451 e. The number of halogens is 3. The molecule has 2 aromatic carbocycles. The van der Waals surface area contributed by atoms with Gasteiger partial charge in [-0.05, 0) is 43.3 Å². The maximum absolute atomic E-state index is 13.5. The monoisotopic (exact) mass is 581 g/mol. The van der Waals surface area contributed by atoms with Gasteiger partial charge >= 0.3 is 6.18 Å². The number of aromatic nitrogens is 2. The van der Waals surface area contributed by atoms with Crippen molar-refractivity contribution in [3.05, 3.63) is 94.6 Å². The van der Waals surface area contributed by atoms with Crippen LogP contribution in [0.15, 0.2) is 82.1 Å². The van der Waals surface area contributed by atoms with Gasteiger partial charge in [0.1, 0.15) is 11.4 Å². The van der Waals surface area contributed by atoms with E-state index < -0.39 is 11.7 Å². The Hall–Kier alpha value is -4.58. The maximum Gasteiger partial charge on any atom is 0.416 e. The fraction of sp³-hybridized carbons (Fsp3) is 0.300. The number of hydrogen-bond acceptors (Lipinski definition) is 7. The van der Waals surface area contributed by atoms with E-state index in [1.165, 1.54) is 28.9 Å². The minimum absolute atomic E-state index is 0.0428. The smallest absolute Gasteiger partial charge is 0.416 e. The second kappa shape index (κ2) is 12.5. The number of piperazine rings is 1. The van der Waals surface area contributed by atoms with E-state index in [0.29, 0.717) is 63.0 Å². The van der Waals surface area contributed by atoms with Gasteiger partial charge in [-0.1, -0.05) is 30.3 Å². The van der Waals surface area contributed by atoms with E-state index in [-0.39, 0.29) is 28.6 Å². The summed E-state index contributed by atoms with van der Waals surface area (Å²) in [5.74, 6) is -0.141. The quantitative estimate of drug-likeness (QED) is 0.281. The molecule has 4 aromatic rings. The lowest BCUT2D eigenvalue weighted by atomic mass is 10.1. The number of benzene rings is 2. The summed E-state index contributed by atoms with van der Waals surface area (Å²) in [4.78, 5) is 30.3. The van der Waals surface area contributed by atoms with E-state index in [2.05, 4.69) is 10.4 Å². The summed E-state index contributed by atoms with van der Waals surface area (Å²) in [6, 6.07) is 16.9. The summed E-state index contributed by atoms with van der Waals surface area (Å²) in [5, 5.41) is 7.62. The number of alkyl halides is 3. The predicted molar refractivity (Wildman–Crippen MR) is 152 cm³/mol. The minimum atomic E-state index is -4.48. The van der Waals surface area contributed by atoms with Crippen LogP contribution in [0.3, 0.4) is 0 Å². The number of amides is 1. The third kappa shape index (κ3) is 6.33. The molecule has 12 heteroatoms. The van der Waals surface area contributed by atoms with E-state index >= 15 is 0 Å². The normalized spacial score (nSPS) is 13.8. The number of carbonyl (C=O) groups excluding carboxylic acids is 1. The Morgan fingerprint density at radius 3 is 2.50 bits per heavy atom. The van der Waals surface area contributed by atoms with Crippen molar-refractivity contribution in [2.45, 2.75) is 13.1 Å². The molecule has 9 nitrogen and oxygen atoms in total. The van der Waals surface area contributed by atoms with Crippen LogP contribution in [-0.2, 0) is 10.9 Å². The van der Waals surface area contributed by atoms with Gasteiger partial charge in [0.2, 0.25) is 0 Å². The van der Waals surface area contributed by atoms with Crippen LogP contribution >= 0.6 is 0 Å². The molecular weight excluding hydrogens is 551 g/mol. The van der Waals surface area contributed by atoms with Gasteiger partial charge in [-0.2, -0.15) is 23.0 Å². The van der Waals surface area contributed by atoms with E-state index in [1.54, 1.807) is 23.2 Å². The molecule has 220 valence electrons. The van der Waals surface area contributed by atoms with Crippen molar-refractivity contribution in [3.63, 3.8) is 0 Å². The fourth-order valence-electron chi connectivity index (χ4n) is 4.76. The lowest BCUT2D eigenvalue weighted by molar-refractivity contribution is -0.137. The number of ether oxygens (including phenoxy) is 1. The molecule has 1 amide bonds. The summed E-state index contributed by atoms with van der Waals surface area (Å²) in [6.07, 6.45) is -2.84.